The second kappa shape index (κ2) is 3.92. The van der Waals surface area contributed by atoms with E-state index >= 15 is 0 Å². The summed E-state index contributed by atoms with van der Waals surface area (Å²) in [5.41, 5.74) is -0.295. The highest BCUT2D eigenvalue weighted by molar-refractivity contribution is 6.03. The lowest BCUT2D eigenvalue weighted by Crippen LogP contribution is -2.48. The number of carbonyl (C=O) groups is 2. The summed E-state index contributed by atoms with van der Waals surface area (Å²) < 4.78 is 5.23. The molecule has 1 heterocycles. The van der Waals surface area contributed by atoms with Crippen LogP contribution in [-0.4, -0.2) is 28.5 Å². The molecule has 0 unspecified atom stereocenters. The normalized spacial score (nSPS) is 23.5. The molecule has 16 heavy (non-hydrogen) atoms. The van der Waals surface area contributed by atoms with Gasteiger partial charge in [-0.2, -0.15) is 0 Å². The predicted molar refractivity (Wildman–Crippen MR) is 60.8 cm³/mol. The molecule has 4 nitrogen and oxygen atoms in total. The Morgan fingerprint density at radius 3 is 2.38 bits per heavy atom. The third-order valence-electron chi connectivity index (χ3n) is 2.75. The van der Waals surface area contributed by atoms with Gasteiger partial charge in [0.15, 0.2) is 0 Å². The van der Waals surface area contributed by atoms with Crippen molar-refractivity contribution in [3.8, 4) is 0 Å². The first-order valence-electron chi connectivity index (χ1n) is 5.40. The molecule has 0 saturated carbocycles. The lowest BCUT2D eigenvalue weighted by molar-refractivity contribution is -0.126. The first kappa shape index (κ1) is 12.7. The molecule has 0 aliphatic carbocycles. The van der Waals surface area contributed by atoms with Crippen LogP contribution in [0.1, 0.15) is 34.6 Å². The minimum atomic E-state index is -0.643. The molecular formula is C12H19NO3. The number of rotatable bonds is 2. The van der Waals surface area contributed by atoms with Gasteiger partial charge in [-0.05, 0) is 26.7 Å². The van der Waals surface area contributed by atoms with Gasteiger partial charge in [-0.25, -0.2) is 9.69 Å². The Hall–Kier alpha value is -1.32. The van der Waals surface area contributed by atoms with Gasteiger partial charge in [0.1, 0.15) is 5.60 Å². The van der Waals surface area contributed by atoms with E-state index in [0.29, 0.717) is 5.57 Å². The van der Waals surface area contributed by atoms with E-state index in [4.69, 9.17) is 4.74 Å². The number of hydrogen-bond acceptors (Lipinski definition) is 3. The largest absolute Gasteiger partial charge is 0.441 e. The first-order valence-corrected chi connectivity index (χ1v) is 5.40. The maximum Gasteiger partial charge on any atom is 0.417 e. The SMILES string of the molecule is C=C(C)C(=O)N1C(=O)OC(C)(C)[C@@H]1C(C)C. The van der Waals surface area contributed by atoms with Crippen molar-refractivity contribution >= 4 is 12.0 Å². The van der Waals surface area contributed by atoms with Gasteiger partial charge < -0.3 is 4.74 Å². The second-order valence-electron chi connectivity index (χ2n) is 5.12. The van der Waals surface area contributed by atoms with Gasteiger partial charge in [0, 0.05) is 5.57 Å². The fraction of sp³-hybridized carbons (Fsp3) is 0.667. The lowest BCUT2D eigenvalue weighted by Gasteiger charge is -2.30. The number of imide groups is 1. The molecule has 1 aliphatic rings. The van der Waals surface area contributed by atoms with Gasteiger partial charge in [-0.15, -0.1) is 0 Å². The highest BCUT2D eigenvalue weighted by Gasteiger charge is 2.51. The molecule has 0 bridgehead atoms. The molecule has 0 radical (unpaired) electrons. The van der Waals surface area contributed by atoms with Gasteiger partial charge in [-0.3, -0.25) is 4.79 Å². The Labute approximate surface area is 96.3 Å². The third-order valence-corrected chi connectivity index (χ3v) is 2.75. The van der Waals surface area contributed by atoms with Gasteiger partial charge in [0.25, 0.3) is 5.91 Å². The zero-order chi connectivity index (χ0) is 12.7. The summed E-state index contributed by atoms with van der Waals surface area (Å²) in [5, 5.41) is 0. The average molecular weight is 225 g/mol. The van der Waals surface area contributed by atoms with E-state index in [-0.39, 0.29) is 17.9 Å². The standard InChI is InChI=1S/C12H19NO3/c1-7(2)9-12(5,6)16-11(15)13(9)10(14)8(3)4/h7,9H,3H2,1-2,4-6H3/t9-/m0/s1. The van der Waals surface area contributed by atoms with E-state index in [1.165, 1.54) is 4.90 Å². The molecule has 1 aliphatic heterocycles. The fourth-order valence-electron chi connectivity index (χ4n) is 2.27. The highest BCUT2D eigenvalue weighted by atomic mass is 16.6. The Morgan fingerprint density at radius 1 is 1.50 bits per heavy atom. The molecule has 90 valence electrons. The van der Waals surface area contributed by atoms with E-state index in [9.17, 15) is 9.59 Å². The van der Waals surface area contributed by atoms with Gasteiger partial charge in [-0.1, -0.05) is 20.4 Å². The zero-order valence-electron chi connectivity index (χ0n) is 10.5. The minimum Gasteiger partial charge on any atom is -0.441 e. The summed E-state index contributed by atoms with van der Waals surface area (Å²) in [6, 6.07) is -0.246. The van der Waals surface area contributed by atoms with Crippen molar-refractivity contribution in [2.75, 3.05) is 0 Å². The molecule has 1 fully saturated rings. The van der Waals surface area contributed by atoms with Crippen LogP contribution in [0.3, 0.4) is 0 Å². The van der Waals surface area contributed by atoms with Crippen molar-refractivity contribution < 1.29 is 14.3 Å². The van der Waals surface area contributed by atoms with E-state index in [1.807, 2.05) is 27.7 Å². The Kier molecular flexibility index (Phi) is 3.13. The molecule has 2 amide bonds. The molecule has 4 heteroatoms. The summed E-state index contributed by atoms with van der Waals surface area (Å²) in [4.78, 5) is 24.8. The minimum absolute atomic E-state index is 0.143. The lowest BCUT2D eigenvalue weighted by atomic mass is 9.89. The fourth-order valence-corrected chi connectivity index (χ4v) is 2.27. The topological polar surface area (TPSA) is 46.6 Å². The smallest absolute Gasteiger partial charge is 0.417 e. The van der Waals surface area contributed by atoms with Crippen LogP contribution in [0.2, 0.25) is 0 Å². The Bertz CT molecular complexity index is 344. The van der Waals surface area contributed by atoms with Crippen LogP contribution in [0, 0.1) is 5.92 Å². The average Bonchev–Trinajstić information content (AvgIpc) is 2.33. The monoisotopic (exact) mass is 225 g/mol. The number of amides is 2. The molecule has 0 aromatic heterocycles. The van der Waals surface area contributed by atoms with Crippen LogP contribution < -0.4 is 0 Å². The molecule has 1 atom stereocenters. The number of carbonyl (C=O) groups excluding carboxylic acids is 2. The zero-order valence-corrected chi connectivity index (χ0v) is 10.5. The van der Waals surface area contributed by atoms with Crippen molar-refractivity contribution in [1.29, 1.82) is 0 Å². The van der Waals surface area contributed by atoms with Crippen molar-refractivity contribution in [1.82, 2.24) is 4.90 Å². The van der Waals surface area contributed by atoms with Crippen molar-refractivity contribution in [3.05, 3.63) is 12.2 Å². The maximum atomic E-state index is 11.9. The van der Waals surface area contributed by atoms with Crippen molar-refractivity contribution in [2.24, 2.45) is 5.92 Å². The van der Waals surface area contributed by atoms with E-state index < -0.39 is 11.7 Å². The van der Waals surface area contributed by atoms with E-state index in [0.717, 1.165) is 0 Å². The van der Waals surface area contributed by atoms with Gasteiger partial charge >= 0.3 is 6.09 Å². The summed E-state index contributed by atoms with van der Waals surface area (Å²) in [7, 11) is 0. The highest BCUT2D eigenvalue weighted by Crippen LogP contribution is 2.34. The van der Waals surface area contributed by atoms with Crippen LogP contribution in [0.15, 0.2) is 12.2 Å². The number of ether oxygens (including phenoxy) is 1. The van der Waals surface area contributed by atoms with Crippen LogP contribution >= 0.6 is 0 Å². The van der Waals surface area contributed by atoms with Crippen LogP contribution in [-0.2, 0) is 9.53 Å². The summed E-state index contributed by atoms with van der Waals surface area (Å²) in [5.74, 6) is -0.209. The number of nitrogens with zero attached hydrogens (tertiary/aromatic N) is 1. The van der Waals surface area contributed by atoms with Crippen molar-refractivity contribution in [3.63, 3.8) is 0 Å². The predicted octanol–water partition coefficient (Wildman–Crippen LogP) is 2.34. The second-order valence-corrected chi connectivity index (χ2v) is 5.12. The molecule has 0 aromatic rings. The Balaban J connectivity index is 3.11. The first-order chi connectivity index (χ1) is 7.18. The summed E-state index contributed by atoms with van der Waals surface area (Å²) >= 11 is 0. The maximum absolute atomic E-state index is 11.9. The van der Waals surface area contributed by atoms with Gasteiger partial charge in [0.2, 0.25) is 0 Å². The van der Waals surface area contributed by atoms with Crippen LogP contribution in [0.5, 0.6) is 0 Å². The third kappa shape index (κ3) is 1.96. The number of hydrogen-bond donors (Lipinski definition) is 0. The van der Waals surface area contributed by atoms with E-state index in [2.05, 4.69) is 6.58 Å². The quantitative estimate of drug-likeness (QED) is 0.678. The molecule has 1 rings (SSSR count). The molecule has 0 spiro atoms. The summed E-state index contributed by atoms with van der Waals surface area (Å²) in [6.45, 7) is 12.7. The van der Waals surface area contributed by atoms with Crippen molar-refractivity contribution in [2.45, 2.75) is 46.3 Å². The van der Waals surface area contributed by atoms with Crippen LogP contribution in [0.25, 0.3) is 0 Å². The summed E-state index contributed by atoms with van der Waals surface area (Å²) in [6.07, 6.45) is -0.572. The van der Waals surface area contributed by atoms with Gasteiger partial charge in [0.05, 0.1) is 6.04 Å². The molecule has 0 N–H and O–H groups in total. The molecule has 1 saturated heterocycles. The number of cyclic esters (lactones) is 1. The molecular weight excluding hydrogens is 206 g/mol. The molecule has 0 aromatic carbocycles. The Morgan fingerprint density at radius 2 is 2.00 bits per heavy atom. The van der Waals surface area contributed by atoms with Crippen LogP contribution in [0.4, 0.5) is 4.79 Å². The van der Waals surface area contributed by atoms with E-state index in [1.54, 1.807) is 6.92 Å².